The molecule has 0 aliphatic heterocycles. The van der Waals surface area contributed by atoms with Gasteiger partial charge in [0.25, 0.3) is 0 Å². The summed E-state index contributed by atoms with van der Waals surface area (Å²) in [6.45, 7) is 3.71. The molecule has 1 aromatic rings. The zero-order valence-electron chi connectivity index (χ0n) is 13.5. The molecule has 0 unspecified atom stereocenters. The first-order valence-electron chi connectivity index (χ1n) is 7.52. The van der Waals surface area contributed by atoms with Gasteiger partial charge in [0.1, 0.15) is 0 Å². The SMILES string of the molecule is CCNC(=NCCc1ccc(OC)c(OC)c1)NC1CC1.I. The summed E-state index contributed by atoms with van der Waals surface area (Å²) in [5, 5.41) is 6.69. The third-order valence-electron chi connectivity index (χ3n) is 3.38. The number of guanidine groups is 1. The first-order chi connectivity index (χ1) is 10.3. The molecule has 124 valence electrons. The van der Waals surface area contributed by atoms with Crippen molar-refractivity contribution in [3.8, 4) is 11.5 Å². The molecule has 0 spiro atoms. The van der Waals surface area contributed by atoms with Gasteiger partial charge in [-0.2, -0.15) is 0 Å². The summed E-state index contributed by atoms with van der Waals surface area (Å²) in [6.07, 6.45) is 3.38. The number of halogens is 1. The largest absolute Gasteiger partial charge is 0.493 e. The maximum absolute atomic E-state index is 5.32. The Balaban J connectivity index is 0.00000242. The van der Waals surface area contributed by atoms with Gasteiger partial charge in [0, 0.05) is 19.1 Å². The lowest BCUT2D eigenvalue weighted by molar-refractivity contribution is 0.354. The van der Waals surface area contributed by atoms with Crippen LogP contribution in [0.15, 0.2) is 23.2 Å². The molecule has 0 saturated heterocycles. The highest BCUT2D eigenvalue weighted by molar-refractivity contribution is 14.0. The van der Waals surface area contributed by atoms with E-state index in [1.54, 1.807) is 14.2 Å². The van der Waals surface area contributed by atoms with Crippen molar-refractivity contribution in [3.63, 3.8) is 0 Å². The fraction of sp³-hybridized carbons (Fsp3) is 0.562. The molecule has 0 bridgehead atoms. The molecule has 2 rings (SSSR count). The Labute approximate surface area is 149 Å². The average molecular weight is 419 g/mol. The first kappa shape index (κ1) is 18.9. The van der Waals surface area contributed by atoms with E-state index in [9.17, 15) is 0 Å². The quantitative estimate of drug-likeness (QED) is 0.405. The molecular weight excluding hydrogens is 393 g/mol. The van der Waals surface area contributed by atoms with Crippen molar-refractivity contribution in [1.29, 1.82) is 0 Å². The molecule has 5 nitrogen and oxygen atoms in total. The summed E-state index contributed by atoms with van der Waals surface area (Å²) in [4.78, 5) is 4.61. The number of hydrogen-bond donors (Lipinski definition) is 2. The van der Waals surface area contributed by atoms with E-state index in [1.165, 1.54) is 18.4 Å². The van der Waals surface area contributed by atoms with Gasteiger partial charge in [-0.15, -0.1) is 24.0 Å². The number of methoxy groups -OCH3 is 2. The molecule has 1 aromatic carbocycles. The number of rotatable bonds is 7. The normalized spacial score (nSPS) is 14.0. The maximum atomic E-state index is 5.32. The number of hydrogen-bond acceptors (Lipinski definition) is 3. The monoisotopic (exact) mass is 419 g/mol. The number of ether oxygens (including phenoxy) is 2. The second-order valence-corrected chi connectivity index (χ2v) is 5.12. The van der Waals surface area contributed by atoms with Crippen LogP contribution in [0.25, 0.3) is 0 Å². The maximum Gasteiger partial charge on any atom is 0.191 e. The molecule has 6 heteroatoms. The van der Waals surface area contributed by atoms with Crippen LogP contribution in [0.2, 0.25) is 0 Å². The number of benzene rings is 1. The number of nitrogens with zero attached hydrogens (tertiary/aromatic N) is 1. The summed E-state index contributed by atoms with van der Waals surface area (Å²) >= 11 is 0. The van der Waals surface area contributed by atoms with Gasteiger partial charge >= 0.3 is 0 Å². The zero-order valence-corrected chi connectivity index (χ0v) is 15.8. The number of aliphatic imine (C=N–C) groups is 1. The lowest BCUT2D eigenvalue weighted by Crippen LogP contribution is -2.38. The summed E-state index contributed by atoms with van der Waals surface area (Å²) < 4.78 is 10.6. The smallest absolute Gasteiger partial charge is 0.191 e. The van der Waals surface area contributed by atoms with Crippen LogP contribution in [0.5, 0.6) is 11.5 Å². The molecule has 0 radical (unpaired) electrons. The fourth-order valence-corrected chi connectivity index (χ4v) is 2.07. The highest BCUT2D eigenvalue weighted by Crippen LogP contribution is 2.27. The van der Waals surface area contributed by atoms with Gasteiger partial charge in [-0.1, -0.05) is 6.07 Å². The van der Waals surface area contributed by atoms with Crippen LogP contribution in [-0.2, 0) is 6.42 Å². The summed E-state index contributed by atoms with van der Waals surface area (Å²) in [5.74, 6) is 2.44. The minimum atomic E-state index is 0. The van der Waals surface area contributed by atoms with Crippen molar-refractivity contribution in [2.45, 2.75) is 32.2 Å². The van der Waals surface area contributed by atoms with E-state index in [2.05, 4.69) is 28.6 Å². The van der Waals surface area contributed by atoms with E-state index in [0.29, 0.717) is 6.04 Å². The Kier molecular flexibility index (Phi) is 8.37. The Hall–Kier alpha value is -1.18. The van der Waals surface area contributed by atoms with Crippen LogP contribution in [0.4, 0.5) is 0 Å². The predicted molar refractivity (Wildman–Crippen MR) is 101 cm³/mol. The molecule has 1 fully saturated rings. The van der Waals surface area contributed by atoms with Crippen LogP contribution < -0.4 is 20.1 Å². The second-order valence-electron chi connectivity index (χ2n) is 5.12. The van der Waals surface area contributed by atoms with Gasteiger partial charge in [-0.3, -0.25) is 4.99 Å². The molecule has 0 amide bonds. The molecule has 1 aliphatic carbocycles. The number of nitrogens with one attached hydrogen (secondary N) is 2. The van der Waals surface area contributed by atoms with Crippen LogP contribution in [-0.4, -0.2) is 39.3 Å². The topological polar surface area (TPSA) is 54.9 Å². The van der Waals surface area contributed by atoms with E-state index in [1.807, 2.05) is 12.1 Å². The van der Waals surface area contributed by atoms with E-state index in [4.69, 9.17) is 9.47 Å². The molecule has 1 aliphatic rings. The third-order valence-corrected chi connectivity index (χ3v) is 3.38. The van der Waals surface area contributed by atoms with E-state index in [-0.39, 0.29) is 24.0 Å². The Morgan fingerprint density at radius 1 is 1.23 bits per heavy atom. The van der Waals surface area contributed by atoms with E-state index < -0.39 is 0 Å². The Morgan fingerprint density at radius 2 is 1.95 bits per heavy atom. The molecule has 2 N–H and O–H groups in total. The van der Waals surface area contributed by atoms with Crippen molar-refractivity contribution in [2.75, 3.05) is 27.3 Å². The average Bonchev–Trinajstić information content (AvgIpc) is 3.31. The van der Waals surface area contributed by atoms with Crippen LogP contribution >= 0.6 is 24.0 Å². The van der Waals surface area contributed by atoms with Crippen molar-refractivity contribution in [3.05, 3.63) is 23.8 Å². The van der Waals surface area contributed by atoms with Crippen LogP contribution in [0.3, 0.4) is 0 Å². The van der Waals surface area contributed by atoms with Crippen molar-refractivity contribution < 1.29 is 9.47 Å². The van der Waals surface area contributed by atoms with Crippen LogP contribution in [0.1, 0.15) is 25.3 Å². The lowest BCUT2D eigenvalue weighted by atomic mass is 10.1. The Bertz CT molecular complexity index is 490. The molecule has 1 saturated carbocycles. The lowest BCUT2D eigenvalue weighted by Gasteiger charge is -2.11. The van der Waals surface area contributed by atoms with Crippen LogP contribution in [0, 0.1) is 0 Å². The van der Waals surface area contributed by atoms with E-state index >= 15 is 0 Å². The summed E-state index contributed by atoms with van der Waals surface area (Å²) in [5.41, 5.74) is 1.19. The van der Waals surface area contributed by atoms with E-state index in [0.717, 1.165) is 37.0 Å². The second kappa shape index (κ2) is 9.76. The van der Waals surface area contributed by atoms with Gasteiger partial charge in [-0.05, 0) is 43.9 Å². The van der Waals surface area contributed by atoms with Gasteiger partial charge in [0.05, 0.1) is 14.2 Å². The first-order valence-corrected chi connectivity index (χ1v) is 7.52. The van der Waals surface area contributed by atoms with Crippen molar-refractivity contribution >= 4 is 29.9 Å². The predicted octanol–water partition coefficient (Wildman–Crippen LogP) is 2.58. The van der Waals surface area contributed by atoms with Gasteiger partial charge in [0.15, 0.2) is 17.5 Å². The molecule has 0 heterocycles. The third kappa shape index (κ3) is 5.90. The minimum absolute atomic E-state index is 0. The molecule has 22 heavy (non-hydrogen) atoms. The molecule has 0 atom stereocenters. The van der Waals surface area contributed by atoms with Crippen molar-refractivity contribution in [2.24, 2.45) is 4.99 Å². The van der Waals surface area contributed by atoms with Gasteiger partial charge in [-0.25, -0.2) is 0 Å². The minimum Gasteiger partial charge on any atom is -0.493 e. The summed E-state index contributed by atoms with van der Waals surface area (Å²) in [7, 11) is 3.30. The fourth-order valence-electron chi connectivity index (χ4n) is 2.07. The van der Waals surface area contributed by atoms with Gasteiger partial charge in [0.2, 0.25) is 0 Å². The Morgan fingerprint density at radius 3 is 2.55 bits per heavy atom. The molecular formula is C16H26IN3O2. The highest BCUT2D eigenvalue weighted by Gasteiger charge is 2.21. The zero-order chi connectivity index (χ0) is 15.1. The van der Waals surface area contributed by atoms with Gasteiger partial charge < -0.3 is 20.1 Å². The highest BCUT2D eigenvalue weighted by atomic mass is 127. The molecule has 0 aromatic heterocycles. The van der Waals surface area contributed by atoms with Crippen molar-refractivity contribution in [1.82, 2.24) is 10.6 Å². The standard InChI is InChI=1S/C16H25N3O2.HI/c1-4-17-16(19-13-6-7-13)18-10-9-12-5-8-14(20-2)15(11-12)21-3;/h5,8,11,13H,4,6-7,9-10H2,1-3H3,(H2,17,18,19);1H. The summed E-state index contributed by atoms with van der Waals surface area (Å²) in [6, 6.07) is 6.61.